The number of aryl methyl sites for hydroxylation is 1. The molecule has 0 saturated carbocycles. The number of rotatable bonds is 8. The number of nitrogens with one attached hydrogen (secondary N) is 1. The molecular weight excluding hydrogens is 394 g/mol. The van der Waals surface area contributed by atoms with Crippen molar-refractivity contribution in [3.05, 3.63) is 77.4 Å². The first kappa shape index (κ1) is 20.2. The number of fused-ring (bicyclic) bond motifs is 1. The summed E-state index contributed by atoms with van der Waals surface area (Å²) in [6.07, 6.45) is 4.21. The molecule has 1 N–H and O–H groups in total. The lowest BCUT2D eigenvalue weighted by atomic mass is 10.1. The van der Waals surface area contributed by atoms with Gasteiger partial charge in [-0.05, 0) is 49.6 Å². The van der Waals surface area contributed by atoms with Crippen LogP contribution >= 0.6 is 11.3 Å². The zero-order valence-electron chi connectivity index (χ0n) is 17.2. The van der Waals surface area contributed by atoms with Crippen molar-refractivity contribution in [1.82, 2.24) is 14.7 Å². The highest BCUT2D eigenvalue weighted by molar-refractivity contribution is 7.15. The number of methoxy groups -OCH3 is 1. The first-order valence-corrected chi connectivity index (χ1v) is 10.9. The molecule has 0 spiro atoms. The van der Waals surface area contributed by atoms with Gasteiger partial charge in [0.2, 0.25) is 5.91 Å². The maximum absolute atomic E-state index is 12.6. The summed E-state index contributed by atoms with van der Waals surface area (Å²) in [4.78, 5) is 18.2. The van der Waals surface area contributed by atoms with Gasteiger partial charge in [0.25, 0.3) is 0 Å². The number of carbonyl (C=O) groups is 1. The van der Waals surface area contributed by atoms with Crippen LogP contribution in [0.25, 0.3) is 16.2 Å². The van der Waals surface area contributed by atoms with Crippen LogP contribution in [0, 0.1) is 0 Å². The monoisotopic (exact) mass is 419 g/mol. The third kappa shape index (κ3) is 4.71. The van der Waals surface area contributed by atoms with Crippen LogP contribution in [-0.2, 0) is 17.6 Å². The molecule has 0 aliphatic heterocycles. The van der Waals surface area contributed by atoms with Gasteiger partial charge < -0.3 is 10.1 Å². The van der Waals surface area contributed by atoms with E-state index in [4.69, 9.17) is 9.72 Å². The molecule has 1 atom stereocenters. The summed E-state index contributed by atoms with van der Waals surface area (Å²) in [6.45, 7) is 2.06. The van der Waals surface area contributed by atoms with E-state index in [0.29, 0.717) is 6.42 Å². The van der Waals surface area contributed by atoms with Gasteiger partial charge in [-0.15, -0.1) is 11.3 Å². The Kier molecular flexibility index (Phi) is 6.14. The zero-order valence-corrected chi connectivity index (χ0v) is 18.0. The second-order valence-corrected chi connectivity index (χ2v) is 8.24. The van der Waals surface area contributed by atoms with Crippen molar-refractivity contribution in [1.29, 1.82) is 0 Å². The lowest BCUT2D eigenvalue weighted by Crippen LogP contribution is -2.34. The number of thiazole rings is 1. The average molecular weight is 420 g/mol. The minimum absolute atomic E-state index is 0.0370. The van der Waals surface area contributed by atoms with E-state index in [-0.39, 0.29) is 11.9 Å². The summed E-state index contributed by atoms with van der Waals surface area (Å²) in [5.41, 5.74) is 4.16. The van der Waals surface area contributed by atoms with E-state index in [2.05, 4.69) is 24.4 Å². The van der Waals surface area contributed by atoms with Gasteiger partial charge in [-0.2, -0.15) is 0 Å². The first-order valence-electron chi connectivity index (χ1n) is 10.1. The summed E-state index contributed by atoms with van der Waals surface area (Å²) in [6, 6.07) is 18.3. The van der Waals surface area contributed by atoms with Gasteiger partial charge in [0.05, 0.1) is 19.2 Å². The Hall–Kier alpha value is -3.12. The Morgan fingerprint density at radius 2 is 1.93 bits per heavy atom. The van der Waals surface area contributed by atoms with E-state index in [1.54, 1.807) is 18.4 Å². The first-order chi connectivity index (χ1) is 14.6. The normalized spacial score (nSPS) is 12.1. The highest BCUT2D eigenvalue weighted by Crippen LogP contribution is 2.25. The van der Waals surface area contributed by atoms with E-state index in [1.807, 2.05) is 58.4 Å². The van der Waals surface area contributed by atoms with Gasteiger partial charge in [0.1, 0.15) is 5.75 Å². The summed E-state index contributed by atoms with van der Waals surface area (Å²) < 4.78 is 7.23. The predicted octanol–water partition coefficient (Wildman–Crippen LogP) is 4.75. The number of nitrogens with zero attached hydrogens (tertiary/aromatic N) is 2. The minimum atomic E-state index is 0.0370. The fourth-order valence-electron chi connectivity index (χ4n) is 3.45. The molecule has 4 aromatic rings. The largest absolute Gasteiger partial charge is 0.497 e. The molecule has 6 heteroatoms. The molecule has 2 aromatic carbocycles. The Bertz CT molecular complexity index is 1120. The van der Waals surface area contributed by atoms with Gasteiger partial charge in [-0.3, -0.25) is 9.20 Å². The van der Waals surface area contributed by atoms with E-state index in [0.717, 1.165) is 40.5 Å². The molecule has 5 nitrogen and oxygen atoms in total. The van der Waals surface area contributed by atoms with Crippen molar-refractivity contribution in [3.8, 4) is 17.0 Å². The molecule has 0 bridgehead atoms. The average Bonchev–Trinajstić information content (AvgIpc) is 3.35. The quantitative estimate of drug-likeness (QED) is 0.448. The Morgan fingerprint density at radius 3 is 2.67 bits per heavy atom. The highest BCUT2D eigenvalue weighted by atomic mass is 32.1. The van der Waals surface area contributed by atoms with Gasteiger partial charge in [0, 0.05) is 28.9 Å². The molecule has 2 aromatic heterocycles. The van der Waals surface area contributed by atoms with Gasteiger partial charge >= 0.3 is 0 Å². The molecule has 0 radical (unpaired) electrons. The van der Waals surface area contributed by atoms with Crippen LogP contribution in [0.2, 0.25) is 0 Å². The summed E-state index contributed by atoms with van der Waals surface area (Å²) in [7, 11) is 1.65. The van der Waals surface area contributed by atoms with Crippen LogP contribution in [0.15, 0.2) is 66.2 Å². The fourth-order valence-corrected chi connectivity index (χ4v) is 4.32. The van der Waals surface area contributed by atoms with Crippen molar-refractivity contribution in [2.24, 2.45) is 0 Å². The van der Waals surface area contributed by atoms with Crippen LogP contribution in [0.4, 0.5) is 0 Å². The number of imidazole rings is 1. The molecule has 1 unspecified atom stereocenters. The van der Waals surface area contributed by atoms with Crippen LogP contribution in [0.5, 0.6) is 5.75 Å². The van der Waals surface area contributed by atoms with Crippen LogP contribution in [0.3, 0.4) is 0 Å². The maximum Gasteiger partial charge on any atom is 0.226 e. The predicted molar refractivity (Wildman–Crippen MR) is 121 cm³/mol. The van der Waals surface area contributed by atoms with Crippen LogP contribution in [0.1, 0.15) is 24.6 Å². The Morgan fingerprint density at radius 1 is 1.17 bits per heavy atom. The van der Waals surface area contributed by atoms with Gasteiger partial charge in [-0.1, -0.05) is 30.3 Å². The minimum Gasteiger partial charge on any atom is -0.497 e. The van der Waals surface area contributed by atoms with E-state index >= 15 is 0 Å². The zero-order chi connectivity index (χ0) is 20.9. The Balaban J connectivity index is 1.38. The second-order valence-electron chi connectivity index (χ2n) is 7.40. The van der Waals surface area contributed by atoms with Gasteiger partial charge in [-0.25, -0.2) is 4.98 Å². The second kappa shape index (κ2) is 9.13. The molecule has 0 saturated heterocycles. The molecule has 2 heterocycles. The van der Waals surface area contributed by atoms with E-state index in [1.165, 1.54) is 5.56 Å². The molecule has 30 heavy (non-hydrogen) atoms. The van der Waals surface area contributed by atoms with Crippen molar-refractivity contribution >= 4 is 22.2 Å². The topological polar surface area (TPSA) is 55.6 Å². The summed E-state index contributed by atoms with van der Waals surface area (Å²) in [5.74, 6) is 0.855. The standard InChI is InChI=1S/C24H25N3O2S/c1-17(8-9-18-6-4-3-5-7-18)25-23(28)14-20-16-30-24-26-22(15-27(20)24)19-10-12-21(29-2)13-11-19/h3-7,10-13,15-17H,8-9,14H2,1-2H3,(H,25,28). The molecule has 0 aliphatic rings. The lowest BCUT2D eigenvalue weighted by molar-refractivity contribution is -0.121. The molecule has 1 amide bonds. The van der Waals surface area contributed by atoms with Crippen LogP contribution < -0.4 is 10.1 Å². The van der Waals surface area contributed by atoms with E-state index < -0.39 is 0 Å². The molecule has 0 fully saturated rings. The number of benzene rings is 2. The molecule has 154 valence electrons. The van der Waals surface area contributed by atoms with Gasteiger partial charge in [0.15, 0.2) is 4.96 Å². The fraction of sp³-hybridized carbons (Fsp3) is 0.250. The third-order valence-corrected chi connectivity index (χ3v) is 6.02. The number of hydrogen-bond donors (Lipinski definition) is 1. The van der Waals surface area contributed by atoms with Crippen LogP contribution in [-0.4, -0.2) is 28.4 Å². The van der Waals surface area contributed by atoms with E-state index in [9.17, 15) is 4.79 Å². The number of hydrogen-bond acceptors (Lipinski definition) is 4. The van der Waals surface area contributed by atoms with Crippen molar-refractivity contribution in [2.75, 3.05) is 7.11 Å². The summed E-state index contributed by atoms with van der Waals surface area (Å²) in [5, 5.41) is 5.13. The number of aromatic nitrogens is 2. The van der Waals surface area contributed by atoms with Crippen molar-refractivity contribution in [3.63, 3.8) is 0 Å². The Labute approximate surface area is 180 Å². The lowest BCUT2D eigenvalue weighted by Gasteiger charge is -2.13. The summed E-state index contributed by atoms with van der Waals surface area (Å²) >= 11 is 1.55. The molecule has 0 aliphatic carbocycles. The number of amides is 1. The maximum atomic E-state index is 12.6. The smallest absolute Gasteiger partial charge is 0.226 e. The third-order valence-electron chi connectivity index (χ3n) is 5.13. The highest BCUT2D eigenvalue weighted by Gasteiger charge is 2.14. The molecule has 4 rings (SSSR count). The number of carbonyl (C=O) groups excluding carboxylic acids is 1. The van der Waals surface area contributed by atoms with Crippen molar-refractivity contribution in [2.45, 2.75) is 32.2 Å². The van der Waals surface area contributed by atoms with Crippen molar-refractivity contribution < 1.29 is 9.53 Å². The number of ether oxygens (including phenoxy) is 1. The SMILES string of the molecule is COc1ccc(-c2cn3c(CC(=O)NC(C)CCc4ccccc4)csc3n2)cc1. The molecular formula is C24H25N3O2S.